The summed E-state index contributed by atoms with van der Waals surface area (Å²) >= 11 is 0. The summed E-state index contributed by atoms with van der Waals surface area (Å²) < 4.78 is 34.3. The lowest BCUT2D eigenvalue weighted by molar-refractivity contribution is -0.162. The molecule has 2 aromatic carbocycles. The Balaban J connectivity index is 1.48. The van der Waals surface area contributed by atoms with Crippen LogP contribution in [0.15, 0.2) is 42.5 Å². The van der Waals surface area contributed by atoms with Crippen LogP contribution in [-0.2, 0) is 39.9 Å². The number of benzene rings is 2. The van der Waals surface area contributed by atoms with Gasteiger partial charge in [0.25, 0.3) is 0 Å². The number of hydrogen-bond acceptors (Lipinski definition) is 8. The molecule has 55 heavy (non-hydrogen) atoms. The number of halogens is 2. The summed E-state index contributed by atoms with van der Waals surface area (Å²) in [6.45, 7) is 6.51. The molecule has 7 unspecified atom stereocenters. The molecule has 15 nitrogen and oxygen atoms in total. The SMILES string of the molecule is Cc1ccc(NC(=O)NC(Cc2cc(F)cc(F)c2)C(=O)NC2C(=O)N3CCCC3C(=O)N(C)C(C)C(=O)NC(C)C(=O)N3CCCC3C(=O)OC2C)cc1. The van der Waals surface area contributed by atoms with E-state index in [4.69, 9.17) is 4.74 Å². The van der Waals surface area contributed by atoms with Gasteiger partial charge < -0.3 is 40.7 Å². The molecule has 0 bridgehead atoms. The van der Waals surface area contributed by atoms with Crippen LogP contribution in [0.2, 0.25) is 0 Å². The predicted octanol–water partition coefficient (Wildman–Crippen LogP) is 1.77. The Labute approximate surface area is 317 Å². The minimum absolute atomic E-state index is 0.0173. The molecular weight excluding hydrogens is 720 g/mol. The number of carbonyl (C=O) groups is 7. The maximum absolute atomic E-state index is 14.5. The van der Waals surface area contributed by atoms with Crippen molar-refractivity contribution in [3.8, 4) is 0 Å². The van der Waals surface area contributed by atoms with Gasteiger partial charge in [-0.25, -0.2) is 18.4 Å². The van der Waals surface area contributed by atoms with Crippen molar-refractivity contribution in [2.45, 2.75) is 102 Å². The minimum atomic E-state index is -1.62. The molecule has 5 rings (SSSR count). The number of carbonyl (C=O) groups excluding carboxylic acids is 7. The standard InChI is InChI=1S/C38H47F2N7O8/c1-20-10-12-27(13-11-20)42-38(54)43-28(18-24-16-25(39)19-26(40)17-24)33(49)44-31-23(4)55-37(53)30-9-7-15-47(30)34(50)21(2)41-32(48)22(3)45(5)35(51)29-8-6-14-46(29)36(31)52/h10-13,16-17,19,21-23,28-31H,6-9,14-15,18H2,1-5H3,(H,41,48)(H,44,49)(H2,42,43,54). The first-order valence-electron chi connectivity index (χ1n) is 18.3. The van der Waals surface area contributed by atoms with Gasteiger partial charge in [0, 0.05) is 38.3 Å². The van der Waals surface area contributed by atoms with Gasteiger partial charge >= 0.3 is 12.0 Å². The Morgan fingerprint density at radius 2 is 1.47 bits per heavy atom. The molecule has 7 amide bonds. The Morgan fingerprint density at radius 1 is 0.873 bits per heavy atom. The van der Waals surface area contributed by atoms with Crippen molar-refractivity contribution in [3.05, 3.63) is 65.2 Å². The molecule has 3 fully saturated rings. The second kappa shape index (κ2) is 17.2. The Hall–Kier alpha value is -5.61. The lowest BCUT2D eigenvalue weighted by Crippen LogP contribution is -2.62. The molecule has 0 spiro atoms. The fourth-order valence-electron chi connectivity index (χ4n) is 7.09. The summed E-state index contributed by atoms with van der Waals surface area (Å²) in [5.41, 5.74) is 1.34. The number of cyclic esters (lactones) is 1. The van der Waals surface area contributed by atoms with Crippen molar-refractivity contribution in [1.29, 1.82) is 0 Å². The van der Waals surface area contributed by atoms with Crippen molar-refractivity contribution in [3.63, 3.8) is 0 Å². The lowest BCUT2D eigenvalue weighted by Gasteiger charge is -2.36. The zero-order chi connectivity index (χ0) is 40.1. The molecule has 0 aromatic heterocycles. The van der Waals surface area contributed by atoms with Crippen LogP contribution in [0.5, 0.6) is 0 Å². The number of rotatable bonds is 6. The van der Waals surface area contributed by atoms with Crippen LogP contribution in [0.4, 0.5) is 19.3 Å². The maximum atomic E-state index is 14.5. The van der Waals surface area contributed by atoms with E-state index in [0.717, 1.165) is 17.7 Å². The number of aryl methyl sites for hydroxylation is 1. The first-order chi connectivity index (χ1) is 26.0. The fourth-order valence-corrected chi connectivity index (χ4v) is 7.09. The van der Waals surface area contributed by atoms with Crippen LogP contribution in [0, 0.1) is 18.6 Å². The highest BCUT2D eigenvalue weighted by molar-refractivity contribution is 5.98. The van der Waals surface area contributed by atoms with Gasteiger partial charge in [-0.05, 0) is 83.2 Å². The predicted molar refractivity (Wildman–Crippen MR) is 194 cm³/mol. The first-order valence-corrected chi connectivity index (χ1v) is 18.3. The number of esters is 1. The first kappa shape index (κ1) is 40.6. The third-order valence-electron chi connectivity index (χ3n) is 10.3. The van der Waals surface area contributed by atoms with E-state index in [2.05, 4.69) is 21.3 Å². The summed E-state index contributed by atoms with van der Waals surface area (Å²) in [7, 11) is 1.41. The number of nitrogens with zero attached hydrogens (tertiary/aromatic N) is 3. The van der Waals surface area contributed by atoms with E-state index in [1.54, 1.807) is 24.3 Å². The molecule has 2 aromatic rings. The third kappa shape index (κ3) is 9.56. The maximum Gasteiger partial charge on any atom is 0.329 e. The molecular formula is C38H47F2N7O8. The number of likely N-dealkylation sites (N-methyl/N-ethyl adjacent to an activating group) is 1. The van der Waals surface area contributed by atoms with Gasteiger partial charge in [-0.1, -0.05) is 17.7 Å². The number of hydrogen-bond donors (Lipinski definition) is 4. The highest BCUT2D eigenvalue weighted by Gasteiger charge is 2.45. The minimum Gasteiger partial charge on any atom is -0.458 e. The van der Waals surface area contributed by atoms with Gasteiger partial charge in [0.15, 0.2) is 0 Å². The summed E-state index contributed by atoms with van der Waals surface area (Å²) in [5, 5.41) is 10.3. The van der Waals surface area contributed by atoms with Gasteiger partial charge in [-0.2, -0.15) is 0 Å². The average Bonchev–Trinajstić information content (AvgIpc) is 3.83. The van der Waals surface area contributed by atoms with Crippen LogP contribution in [-0.4, -0.2) is 119 Å². The number of fused-ring (bicyclic) bond motifs is 2. The van der Waals surface area contributed by atoms with Crippen molar-refractivity contribution in [2.24, 2.45) is 0 Å². The lowest BCUT2D eigenvalue weighted by atomic mass is 10.0. The van der Waals surface area contributed by atoms with Crippen LogP contribution in [0.25, 0.3) is 0 Å². The largest absolute Gasteiger partial charge is 0.458 e. The van der Waals surface area contributed by atoms with E-state index >= 15 is 0 Å². The molecule has 3 aliphatic rings. The van der Waals surface area contributed by atoms with E-state index in [9.17, 15) is 42.3 Å². The second-order valence-corrected chi connectivity index (χ2v) is 14.4. The summed E-state index contributed by atoms with van der Waals surface area (Å²) in [4.78, 5) is 99.7. The van der Waals surface area contributed by atoms with Crippen molar-refractivity contribution >= 4 is 47.2 Å². The van der Waals surface area contributed by atoms with Gasteiger partial charge in [-0.3, -0.25) is 24.0 Å². The molecule has 0 radical (unpaired) electrons. The van der Waals surface area contributed by atoms with Gasteiger partial charge in [-0.15, -0.1) is 0 Å². The van der Waals surface area contributed by atoms with E-state index in [1.807, 2.05) is 6.92 Å². The molecule has 3 heterocycles. The molecule has 17 heteroatoms. The Kier molecular flexibility index (Phi) is 12.7. The average molecular weight is 768 g/mol. The number of nitrogens with one attached hydrogen (secondary N) is 4. The normalized spacial score (nSPS) is 25.8. The van der Waals surface area contributed by atoms with Crippen molar-refractivity contribution in [1.82, 2.24) is 30.7 Å². The zero-order valence-electron chi connectivity index (χ0n) is 31.4. The van der Waals surface area contributed by atoms with Crippen molar-refractivity contribution in [2.75, 3.05) is 25.5 Å². The molecule has 296 valence electrons. The summed E-state index contributed by atoms with van der Waals surface area (Å²) in [5.74, 6) is -6.13. The highest BCUT2D eigenvalue weighted by Crippen LogP contribution is 2.25. The van der Waals surface area contributed by atoms with E-state index < -0.39 is 102 Å². The smallest absolute Gasteiger partial charge is 0.329 e. The summed E-state index contributed by atoms with van der Waals surface area (Å²) in [6.07, 6.45) is -0.434. The van der Waals surface area contributed by atoms with Crippen molar-refractivity contribution < 1.29 is 47.1 Å². The molecule has 3 saturated heterocycles. The van der Waals surface area contributed by atoms with Crippen LogP contribution in [0.3, 0.4) is 0 Å². The van der Waals surface area contributed by atoms with Gasteiger partial charge in [0.2, 0.25) is 29.5 Å². The van der Waals surface area contributed by atoms with E-state index in [-0.39, 0.29) is 31.5 Å². The molecule has 4 N–H and O–H groups in total. The van der Waals surface area contributed by atoms with Crippen LogP contribution in [0.1, 0.15) is 57.6 Å². The quantitative estimate of drug-likeness (QED) is 0.321. The summed E-state index contributed by atoms with van der Waals surface area (Å²) in [6, 6.07) is 1.30. The van der Waals surface area contributed by atoms with Gasteiger partial charge in [0.05, 0.1) is 0 Å². The van der Waals surface area contributed by atoms with Crippen LogP contribution < -0.4 is 21.3 Å². The molecule has 0 aliphatic carbocycles. The number of urea groups is 1. The third-order valence-corrected chi connectivity index (χ3v) is 10.3. The van der Waals surface area contributed by atoms with Gasteiger partial charge in [0.1, 0.15) is 54.0 Å². The Bertz CT molecular complexity index is 1810. The topological polar surface area (TPSA) is 187 Å². The monoisotopic (exact) mass is 767 g/mol. The zero-order valence-corrected chi connectivity index (χ0v) is 31.4. The number of ether oxygens (including phenoxy) is 1. The van der Waals surface area contributed by atoms with Crippen LogP contribution >= 0.6 is 0 Å². The molecule has 7 atom stereocenters. The number of anilines is 1. The highest BCUT2D eigenvalue weighted by atomic mass is 19.1. The number of amides is 7. The molecule has 3 aliphatic heterocycles. The molecule has 0 saturated carbocycles. The van der Waals surface area contributed by atoms with E-state index in [0.29, 0.717) is 24.6 Å². The van der Waals surface area contributed by atoms with E-state index in [1.165, 1.54) is 42.5 Å². The fraction of sp³-hybridized carbons (Fsp3) is 0.500. The Morgan fingerprint density at radius 3 is 2.11 bits per heavy atom. The second-order valence-electron chi connectivity index (χ2n) is 14.4.